The first kappa shape index (κ1) is 15.6. The van der Waals surface area contributed by atoms with E-state index in [-0.39, 0.29) is 11.3 Å². The predicted molar refractivity (Wildman–Crippen MR) is 93.8 cm³/mol. The van der Waals surface area contributed by atoms with Crippen molar-refractivity contribution in [2.45, 2.75) is 6.92 Å². The van der Waals surface area contributed by atoms with Crippen molar-refractivity contribution in [2.24, 2.45) is 0 Å². The van der Waals surface area contributed by atoms with Crippen LogP contribution in [0, 0.1) is 6.92 Å². The lowest BCUT2D eigenvalue weighted by Gasteiger charge is -2.07. The summed E-state index contributed by atoms with van der Waals surface area (Å²) >= 11 is 0. The van der Waals surface area contributed by atoms with Gasteiger partial charge in [0.15, 0.2) is 11.5 Å². The molecular formula is C17H13N7O2. The Labute approximate surface area is 146 Å². The Morgan fingerprint density at radius 2 is 2.00 bits per heavy atom. The molecule has 9 heteroatoms. The van der Waals surface area contributed by atoms with Gasteiger partial charge in [0.05, 0.1) is 5.69 Å². The number of hydrogen-bond donors (Lipinski definition) is 2. The number of nitrogens with one attached hydrogen (secondary N) is 2. The molecule has 2 N–H and O–H groups in total. The SMILES string of the molecule is Cc1nnc2ccc(-c3cccc(NC(=O)c4ccc(=O)[nH]n4)c3)nn12. The van der Waals surface area contributed by atoms with E-state index in [9.17, 15) is 9.59 Å². The first-order chi connectivity index (χ1) is 12.6. The number of fused-ring (bicyclic) bond motifs is 1. The van der Waals surface area contributed by atoms with Gasteiger partial charge in [-0.1, -0.05) is 12.1 Å². The average Bonchev–Trinajstić information content (AvgIpc) is 3.03. The molecule has 3 aromatic heterocycles. The standard InChI is InChI=1S/C17H13N7O2/c1-10-19-21-15-7-5-13(23-24(10)15)11-3-2-4-12(9-11)18-17(26)14-6-8-16(25)22-20-14/h2-9H,1H3,(H,18,26)(H,22,25). The zero-order chi connectivity index (χ0) is 18.1. The maximum absolute atomic E-state index is 12.2. The number of carbonyl (C=O) groups excluding carboxylic acids is 1. The van der Waals surface area contributed by atoms with E-state index in [1.165, 1.54) is 12.1 Å². The second-order valence-corrected chi connectivity index (χ2v) is 5.58. The Bertz CT molecular complexity index is 1160. The highest BCUT2D eigenvalue weighted by molar-refractivity contribution is 6.02. The van der Waals surface area contributed by atoms with Gasteiger partial charge in [-0.2, -0.15) is 14.7 Å². The van der Waals surface area contributed by atoms with Gasteiger partial charge >= 0.3 is 0 Å². The van der Waals surface area contributed by atoms with E-state index in [2.05, 4.69) is 30.8 Å². The van der Waals surface area contributed by atoms with Gasteiger partial charge in [0.1, 0.15) is 5.69 Å². The maximum Gasteiger partial charge on any atom is 0.276 e. The van der Waals surface area contributed by atoms with E-state index in [1.54, 1.807) is 16.6 Å². The highest BCUT2D eigenvalue weighted by atomic mass is 16.2. The summed E-state index contributed by atoms with van der Waals surface area (Å²) in [5.74, 6) is 0.270. The molecule has 0 spiro atoms. The normalized spacial score (nSPS) is 10.8. The van der Waals surface area contributed by atoms with Crippen LogP contribution >= 0.6 is 0 Å². The number of aryl methyl sites for hydroxylation is 1. The molecule has 0 aliphatic heterocycles. The van der Waals surface area contributed by atoms with Crippen LogP contribution in [0.4, 0.5) is 5.69 Å². The van der Waals surface area contributed by atoms with Crippen LogP contribution in [0.1, 0.15) is 16.3 Å². The number of nitrogens with zero attached hydrogens (tertiary/aromatic N) is 5. The molecule has 0 aliphatic rings. The number of rotatable bonds is 3. The van der Waals surface area contributed by atoms with Gasteiger partial charge in [0.2, 0.25) is 0 Å². The lowest BCUT2D eigenvalue weighted by molar-refractivity contribution is 0.102. The Hall–Kier alpha value is -3.88. The quantitative estimate of drug-likeness (QED) is 0.579. The van der Waals surface area contributed by atoms with Crippen molar-refractivity contribution in [3.8, 4) is 11.3 Å². The van der Waals surface area contributed by atoms with Gasteiger partial charge in [-0.15, -0.1) is 10.2 Å². The fourth-order valence-electron chi connectivity index (χ4n) is 2.47. The fraction of sp³-hybridized carbons (Fsp3) is 0.0588. The van der Waals surface area contributed by atoms with Crippen LogP contribution < -0.4 is 10.9 Å². The summed E-state index contributed by atoms with van der Waals surface area (Å²) in [5.41, 5.74) is 2.55. The molecule has 1 aromatic carbocycles. The van der Waals surface area contributed by atoms with Crippen molar-refractivity contribution in [3.63, 3.8) is 0 Å². The van der Waals surface area contributed by atoms with E-state index in [0.717, 1.165) is 11.3 Å². The highest BCUT2D eigenvalue weighted by Gasteiger charge is 2.10. The molecule has 0 saturated carbocycles. The number of H-pyrrole nitrogens is 1. The monoisotopic (exact) mass is 347 g/mol. The Morgan fingerprint density at radius 1 is 1.12 bits per heavy atom. The second-order valence-electron chi connectivity index (χ2n) is 5.58. The van der Waals surface area contributed by atoms with Crippen LogP contribution in [0.5, 0.6) is 0 Å². The average molecular weight is 347 g/mol. The van der Waals surface area contributed by atoms with Crippen LogP contribution in [0.25, 0.3) is 16.9 Å². The summed E-state index contributed by atoms with van der Waals surface area (Å²) in [6, 6.07) is 13.6. The van der Waals surface area contributed by atoms with Gasteiger partial charge < -0.3 is 5.32 Å². The summed E-state index contributed by atoms with van der Waals surface area (Å²) in [6.07, 6.45) is 0. The number of aromatic nitrogens is 6. The largest absolute Gasteiger partial charge is 0.321 e. The molecule has 0 atom stereocenters. The number of carbonyl (C=O) groups is 1. The van der Waals surface area contributed by atoms with Crippen molar-refractivity contribution in [1.82, 2.24) is 30.0 Å². The fourth-order valence-corrected chi connectivity index (χ4v) is 2.47. The first-order valence-corrected chi connectivity index (χ1v) is 7.77. The number of hydrogen-bond acceptors (Lipinski definition) is 6. The van der Waals surface area contributed by atoms with Gasteiger partial charge in [0, 0.05) is 17.3 Å². The molecule has 1 amide bonds. The van der Waals surface area contributed by atoms with Gasteiger partial charge in [-0.05, 0) is 37.3 Å². The molecular weight excluding hydrogens is 334 g/mol. The lowest BCUT2D eigenvalue weighted by atomic mass is 10.1. The van der Waals surface area contributed by atoms with Crippen molar-refractivity contribution >= 4 is 17.2 Å². The summed E-state index contributed by atoms with van der Waals surface area (Å²) in [4.78, 5) is 23.3. The number of anilines is 1. The lowest BCUT2D eigenvalue weighted by Crippen LogP contribution is -2.17. The zero-order valence-corrected chi connectivity index (χ0v) is 13.7. The molecule has 9 nitrogen and oxygen atoms in total. The van der Waals surface area contributed by atoms with Crippen molar-refractivity contribution in [2.75, 3.05) is 5.32 Å². The molecule has 4 aromatic rings. The molecule has 26 heavy (non-hydrogen) atoms. The smallest absolute Gasteiger partial charge is 0.276 e. The van der Waals surface area contributed by atoms with Crippen LogP contribution in [0.3, 0.4) is 0 Å². The molecule has 0 bridgehead atoms. The minimum atomic E-state index is -0.420. The van der Waals surface area contributed by atoms with E-state index >= 15 is 0 Å². The minimum Gasteiger partial charge on any atom is -0.321 e. The second kappa shape index (κ2) is 6.20. The molecule has 0 unspecified atom stereocenters. The Morgan fingerprint density at radius 3 is 2.81 bits per heavy atom. The number of amides is 1. The Kier molecular flexibility index (Phi) is 3.73. The summed E-state index contributed by atoms with van der Waals surface area (Å²) in [5, 5.41) is 21.2. The summed E-state index contributed by atoms with van der Waals surface area (Å²) in [7, 11) is 0. The van der Waals surface area contributed by atoms with Crippen LogP contribution in [-0.2, 0) is 0 Å². The van der Waals surface area contributed by atoms with Crippen LogP contribution in [-0.4, -0.2) is 35.9 Å². The third-order valence-electron chi connectivity index (χ3n) is 3.75. The third kappa shape index (κ3) is 2.93. The first-order valence-electron chi connectivity index (χ1n) is 7.77. The molecule has 128 valence electrons. The van der Waals surface area contributed by atoms with E-state index in [0.29, 0.717) is 17.2 Å². The molecule has 4 rings (SSSR count). The number of benzene rings is 1. The zero-order valence-electron chi connectivity index (χ0n) is 13.7. The number of aromatic amines is 1. The van der Waals surface area contributed by atoms with Gasteiger partial charge in [0.25, 0.3) is 11.5 Å². The highest BCUT2D eigenvalue weighted by Crippen LogP contribution is 2.21. The Balaban J connectivity index is 1.63. The van der Waals surface area contributed by atoms with Crippen molar-refractivity contribution < 1.29 is 4.79 Å². The van der Waals surface area contributed by atoms with Crippen molar-refractivity contribution in [3.05, 3.63) is 70.4 Å². The van der Waals surface area contributed by atoms with Crippen molar-refractivity contribution in [1.29, 1.82) is 0 Å². The van der Waals surface area contributed by atoms with E-state index in [1.807, 2.05) is 31.2 Å². The molecule has 3 heterocycles. The van der Waals surface area contributed by atoms with E-state index in [4.69, 9.17) is 0 Å². The molecule has 0 fully saturated rings. The van der Waals surface area contributed by atoms with Crippen LogP contribution in [0.2, 0.25) is 0 Å². The molecule has 0 aliphatic carbocycles. The maximum atomic E-state index is 12.2. The van der Waals surface area contributed by atoms with Gasteiger partial charge in [-0.3, -0.25) is 9.59 Å². The predicted octanol–water partition coefficient (Wildman–Crippen LogP) is 1.44. The topological polar surface area (TPSA) is 118 Å². The van der Waals surface area contributed by atoms with E-state index < -0.39 is 5.91 Å². The third-order valence-corrected chi connectivity index (χ3v) is 3.75. The van der Waals surface area contributed by atoms with Crippen LogP contribution in [0.15, 0.2) is 53.3 Å². The summed E-state index contributed by atoms with van der Waals surface area (Å²) < 4.78 is 1.66. The van der Waals surface area contributed by atoms with Gasteiger partial charge in [-0.25, -0.2) is 5.10 Å². The molecule has 0 saturated heterocycles. The summed E-state index contributed by atoms with van der Waals surface area (Å²) in [6.45, 7) is 1.82. The minimum absolute atomic E-state index is 0.120. The molecule has 0 radical (unpaired) electrons.